The molecule has 1 heterocycles. The minimum absolute atomic E-state index is 0.769. The van der Waals surface area contributed by atoms with Crippen LogP contribution in [0.25, 0.3) is 0 Å². The van der Waals surface area contributed by atoms with Crippen LogP contribution >= 0.6 is 11.3 Å². The summed E-state index contributed by atoms with van der Waals surface area (Å²) >= 11 is 1.74. The molecular weight excluding hydrogens is 192 g/mol. The Bertz CT molecular complexity index is 421. The van der Waals surface area contributed by atoms with Gasteiger partial charge in [-0.3, -0.25) is 0 Å². The van der Waals surface area contributed by atoms with Gasteiger partial charge in [-0.2, -0.15) is 0 Å². The summed E-state index contributed by atoms with van der Waals surface area (Å²) in [5.74, 6) is 0. The molecule has 0 saturated heterocycles. The van der Waals surface area contributed by atoms with Crippen LogP contribution in [0.1, 0.15) is 10.4 Å². The largest absolute Gasteiger partial charge is 0.399 e. The van der Waals surface area contributed by atoms with Gasteiger partial charge in [0.25, 0.3) is 0 Å². The Labute approximate surface area is 87.2 Å². The molecule has 0 unspecified atom stereocenters. The second-order valence-corrected chi connectivity index (χ2v) is 4.25. The van der Waals surface area contributed by atoms with Gasteiger partial charge in [0.05, 0.1) is 0 Å². The third kappa shape index (κ3) is 1.88. The number of nitrogen functional groups attached to an aromatic ring is 2. The van der Waals surface area contributed by atoms with E-state index in [0.29, 0.717) is 0 Å². The van der Waals surface area contributed by atoms with Crippen molar-refractivity contribution in [1.82, 2.24) is 0 Å². The molecule has 0 aliphatic rings. The van der Waals surface area contributed by atoms with Gasteiger partial charge >= 0.3 is 0 Å². The summed E-state index contributed by atoms with van der Waals surface area (Å²) in [6.07, 6.45) is 0.870. The summed E-state index contributed by atoms with van der Waals surface area (Å²) in [5.41, 5.74) is 14.2. The molecule has 72 valence electrons. The van der Waals surface area contributed by atoms with E-state index in [-0.39, 0.29) is 0 Å². The summed E-state index contributed by atoms with van der Waals surface area (Å²) in [5, 5.41) is 2.07. The first-order chi connectivity index (χ1) is 6.75. The average molecular weight is 204 g/mol. The van der Waals surface area contributed by atoms with E-state index >= 15 is 0 Å². The van der Waals surface area contributed by atoms with E-state index < -0.39 is 0 Å². The molecule has 0 spiro atoms. The Hall–Kier alpha value is -1.48. The first kappa shape index (κ1) is 9.09. The Morgan fingerprint density at radius 1 is 1.14 bits per heavy atom. The number of rotatable bonds is 2. The highest BCUT2D eigenvalue weighted by Crippen LogP contribution is 2.21. The number of anilines is 2. The minimum Gasteiger partial charge on any atom is -0.399 e. The number of nitrogens with two attached hydrogens (primary N) is 2. The molecule has 1 aromatic heterocycles. The van der Waals surface area contributed by atoms with Gasteiger partial charge < -0.3 is 11.5 Å². The molecule has 0 bridgehead atoms. The lowest BCUT2D eigenvalue weighted by Crippen LogP contribution is -1.96. The van der Waals surface area contributed by atoms with Crippen molar-refractivity contribution in [2.75, 3.05) is 11.5 Å². The van der Waals surface area contributed by atoms with E-state index in [1.807, 2.05) is 24.3 Å². The third-order valence-corrected chi connectivity index (χ3v) is 2.99. The molecular formula is C11H12N2S. The molecule has 0 fully saturated rings. The SMILES string of the molecule is Nc1ccc(N)c(Cc2cccs2)c1. The molecule has 0 saturated carbocycles. The quantitative estimate of drug-likeness (QED) is 0.738. The molecule has 4 N–H and O–H groups in total. The Morgan fingerprint density at radius 2 is 2.00 bits per heavy atom. The topological polar surface area (TPSA) is 52.0 Å². The van der Waals surface area contributed by atoms with Gasteiger partial charge in [0, 0.05) is 22.7 Å². The predicted molar refractivity (Wildman–Crippen MR) is 62.4 cm³/mol. The average Bonchev–Trinajstić information content (AvgIpc) is 2.64. The Kier molecular flexibility index (Phi) is 2.41. The molecule has 1 aromatic carbocycles. The van der Waals surface area contributed by atoms with E-state index in [4.69, 9.17) is 11.5 Å². The van der Waals surface area contributed by atoms with E-state index in [2.05, 4.69) is 11.4 Å². The van der Waals surface area contributed by atoms with E-state index in [0.717, 1.165) is 23.4 Å². The van der Waals surface area contributed by atoms with Crippen LogP contribution in [-0.2, 0) is 6.42 Å². The van der Waals surface area contributed by atoms with Crippen molar-refractivity contribution < 1.29 is 0 Å². The zero-order valence-electron chi connectivity index (χ0n) is 7.73. The lowest BCUT2D eigenvalue weighted by molar-refractivity contribution is 1.25. The summed E-state index contributed by atoms with van der Waals surface area (Å²) < 4.78 is 0. The first-order valence-electron chi connectivity index (χ1n) is 4.42. The van der Waals surface area contributed by atoms with Crippen LogP contribution in [0, 0.1) is 0 Å². The Morgan fingerprint density at radius 3 is 2.71 bits per heavy atom. The van der Waals surface area contributed by atoms with Crippen molar-refractivity contribution in [3.63, 3.8) is 0 Å². The highest BCUT2D eigenvalue weighted by Gasteiger charge is 2.01. The molecule has 0 amide bonds. The summed E-state index contributed by atoms with van der Waals surface area (Å²) in [7, 11) is 0. The van der Waals surface area contributed by atoms with Gasteiger partial charge in [0.15, 0.2) is 0 Å². The fourth-order valence-corrected chi connectivity index (χ4v) is 2.11. The molecule has 3 heteroatoms. The van der Waals surface area contributed by atoms with Gasteiger partial charge in [-0.25, -0.2) is 0 Å². The molecule has 0 radical (unpaired) electrons. The number of benzene rings is 1. The lowest BCUT2D eigenvalue weighted by atomic mass is 10.1. The van der Waals surface area contributed by atoms with Crippen LogP contribution in [0.2, 0.25) is 0 Å². The molecule has 2 nitrogen and oxygen atoms in total. The second-order valence-electron chi connectivity index (χ2n) is 3.21. The fourth-order valence-electron chi connectivity index (χ4n) is 1.38. The molecule has 0 aliphatic heterocycles. The van der Waals surface area contributed by atoms with Crippen molar-refractivity contribution in [2.24, 2.45) is 0 Å². The maximum atomic E-state index is 5.86. The van der Waals surface area contributed by atoms with Crippen molar-refractivity contribution in [1.29, 1.82) is 0 Å². The molecule has 0 atom stereocenters. The van der Waals surface area contributed by atoms with Crippen LogP contribution in [0.5, 0.6) is 0 Å². The highest BCUT2D eigenvalue weighted by molar-refractivity contribution is 7.09. The molecule has 2 rings (SSSR count). The third-order valence-electron chi connectivity index (χ3n) is 2.11. The van der Waals surface area contributed by atoms with Gasteiger partial charge in [-0.15, -0.1) is 11.3 Å². The van der Waals surface area contributed by atoms with Gasteiger partial charge in [0.2, 0.25) is 0 Å². The summed E-state index contributed by atoms with van der Waals surface area (Å²) in [6, 6.07) is 9.77. The van der Waals surface area contributed by atoms with Crippen LogP contribution in [0.3, 0.4) is 0 Å². The summed E-state index contributed by atoms with van der Waals surface area (Å²) in [4.78, 5) is 1.31. The number of hydrogen-bond acceptors (Lipinski definition) is 3. The van der Waals surface area contributed by atoms with Crippen LogP contribution in [-0.4, -0.2) is 0 Å². The van der Waals surface area contributed by atoms with E-state index in [9.17, 15) is 0 Å². The lowest BCUT2D eigenvalue weighted by Gasteiger charge is -2.04. The van der Waals surface area contributed by atoms with Gasteiger partial charge in [0.1, 0.15) is 0 Å². The smallest absolute Gasteiger partial charge is 0.0351 e. The maximum Gasteiger partial charge on any atom is 0.0351 e. The molecule has 0 aliphatic carbocycles. The predicted octanol–water partition coefficient (Wildman–Crippen LogP) is 2.50. The molecule has 14 heavy (non-hydrogen) atoms. The molecule has 2 aromatic rings. The minimum atomic E-state index is 0.769. The van der Waals surface area contributed by atoms with Crippen molar-refractivity contribution >= 4 is 22.7 Å². The zero-order valence-corrected chi connectivity index (χ0v) is 8.55. The summed E-state index contributed by atoms with van der Waals surface area (Å²) in [6.45, 7) is 0. The van der Waals surface area contributed by atoms with E-state index in [1.165, 1.54) is 4.88 Å². The normalized spacial score (nSPS) is 10.3. The van der Waals surface area contributed by atoms with Gasteiger partial charge in [-0.05, 0) is 35.2 Å². The standard InChI is InChI=1S/C11H12N2S/c12-9-3-4-11(13)8(6-9)7-10-2-1-5-14-10/h1-6H,7,12-13H2. The van der Waals surface area contributed by atoms with Crippen LogP contribution in [0.15, 0.2) is 35.7 Å². The second kappa shape index (κ2) is 3.72. The fraction of sp³-hybridized carbons (Fsp3) is 0.0909. The van der Waals surface area contributed by atoms with Crippen molar-refractivity contribution in [2.45, 2.75) is 6.42 Å². The Balaban J connectivity index is 2.28. The van der Waals surface area contributed by atoms with Crippen LogP contribution < -0.4 is 11.5 Å². The van der Waals surface area contributed by atoms with Crippen molar-refractivity contribution in [3.05, 3.63) is 46.2 Å². The van der Waals surface area contributed by atoms with Gasteiger partial charge in [-0.1, -0.05) is 6.07 Å². The maximum absolute atomic E-state index is 5.86. The number of hydrogen-bond donors (Lipinski definition) is 2. The highest BCUT2D eigenvalue weighted by atomic mass is 32.1. The van der Waals surface area contributed by atoms with Crippen LogP contribution in [0.4, 0.5) is 11.4 Å². The first-order valence-corrected chi connectivity index (χ1v) is 5.30. The zero-order chi connectivity index (χ0) is 9.97. The van der Waals surface area contributed by atoms with E-state index in [1.54, 1.807) is 11.3 Å². The number of thiophene rings is 1. The van der Waals surface area contributed by atoms with Crippen molar-refractivity contribution in [3.8, 4) is 0 Å². The monoisotopic (exact) mass is 204 g/mol.